The van der Waals surface area contributed by atoms with E-state index in [1.807, 2.05) is 18.2 Å². The molecule has 2 aromatic carbocycles. The maximum Gasteiger partial charge on any atom is 0.408 e. The van der Waals surface area contributed by atoms with Gasteiger partial charge in [-0.3, -0.25) is 0 Å². The molecule has 0 fully saturated rings. The van der Waals surface area contributed by atoms with Crippen molar-refractivity contribution < 1.29 is 28.6 Å². The van der Waals surface area contributed by atoms with Gasteiger partial charge in [-0.05, 0) is 30.2 Å². The van der Waals surface area contributed by atoms with Crippen LogP contribution in [0.5, 0.6) is 0 Å². The van der Waals surface area contributed by atoms with Crippen molar-refractivity contribution >= 4 is 29.8 Å². The van der Waals surface area contributed by atoms with Crippen molar-refractivity contribution in [3.05, 3.63) is 70.7 Å². The fraction of sp³-hybridized carbons (Fsp3) is 0.286. The summed E-state index contributed by atoms with van der Waals surface area (Å²) in [7, 11) is 0. The predicted molar refractivity (Wildman–Crippen MR) is 110 cm³/mol. The average Bonchev–Trinajstić information content (AvgIpc) is 2.75. The monoisotopic (exact) mass is 434 g/mol. The molecule has 0 aliphatic rings. The quantitative estimate of drug-likeness (QED) is 0.463. The number of carbonyl (C=O) groups excluding carboxylic acids is 3. The summed E-state index contributed by atoms with van der Waals surface area (Å²) in [6, 6.07) is 14.8. The van der Waals surface area contributed by atoms with Crippen LogP contribution in [0, 0.1) is 0 Å². The third kappa shape index (κ3) is 8.40. The molecule has 160 valence electrons. The standard InChI is InChI=1S/C21H23ClN2O6/c1-2-28-19(25)18(24-21(27)29-13-16-6-4-3-5-7-16)14-30-20(26)23-12-15-8-10-17(22)11-9-15/h3-11,18H,2,12-14H2,1H3,(H,23,26)(H,24,27)/t18-/m0/s1. The van der Waals surface area contributed by atoms with E-state index >= 15 is 0 Å². The lowest BCUT2D eigenvalue weighted by atomic mass is 10.2. The van der Waals surface area contributed by atoms with Crippen molar-refractivity contribution in [1.82, 2.24) is 10.6 Å². The molecule has 0 spiro atoms. The van der Waals surface area contributed by atoms with E-state index in [0.29, 0.717) is 5.02 Å². The predicted octanol–water partition coefficient (Wildman–Crippen LogP) is 3.42. The largest absolute Gasteiger partial charge is 0.464 e. The van der Waals surface area contributed by atoms with E-state index in [9.17, 15) is 14.4 Å². The summed E-state index contributed by atoms with van der Waals surface area (Å²) in [5, 5.41) is 5.48. The van der Waals surface area contributed by atoms with Crippen LogP contribution in [-0.2, 0) is 32.2 Å². The van der Waals surface area contributed by atoms with Gasteiger partial charge in [-0.15, -0.1) is 0 Å². The number of amides is 2. The van der Waals surface area contributed by atoms with Crippen LogP contribution in [0.3, 0.4) is 0 Å². The minimum Gasteiger partial charge on any atom is -0.464 e. The number of nitrogens with one attached hydrogen (secondary N) is 2. The summed E-state index contributed by atoms with van der Waals surface area (Å²) in [6.07, 6.45) is -1.58. The maximum absolute atomic E-state index is 12.1. The van der Waals surface area contributed by atoms with Gasteiger partial charge in [0.05, 0.1) is 6.61 Å². The number of rotatable bonds is 9. The van der Waals surface area contributed by atoms with Gasteiger partial charge in [0.2, 0.25) is 0 Å². The first-order valence-corrected chi connectivity index (χ1v) is 9.64. The van der Waals surface area contributed by atoms with Crippen LogP contribution in [0.2, 0.25) is 5.02 Å². The Balaban J connectivity index is 1.81. The van der Waals surface area contributed by atoms with Crippen LogP contribution in [0.25, 0.3) is 0 Å². The van der Waals surface area contributed by atoms with Crippen LogP contribution < -0.4 is 10.6 Å². The van der Waals surface area contributed by atoms with Crippen molar-refractivity contribution in [2.75, 3.05) is 13.2 Å². The van der Waals surface area contributed by atoms with Gasteiger partial charge in [0.15, 0.2) is 6.04 Å². The molecule has 0 unspecified atom stereocenters. The highest BCUT2D eigenvalue weighted by atomic mass is 35.5. The lowest BCUT2D eigenvalue weighted by Crippen LogP contribution is -2.46. The minimum atomic E-state index is -1.20. The first kappa shape index (κ1) is 23.0. The molecule has 2 rings (SSSR count). The summed E-state index contributed by atoms with van der Waals surface area (Å²) in [5.74, 6) is -0.736. The first-order chi connectivity index (χ1) is 14.5. The third-order valence-corrected chi connectivity index (χ3v) is 4.06. The molecular formula is C21H23ClN2O6. The highest BCUT2D eigenvalue weighted by Crippen LogP contribution is 2.09. The van der Waals surface area contributed by atoms with Gasteiger partial charge in [-0.1, -0.05) is 54.1 Å². The highest BCUT2D eigenvalue weighted by molar-refractivity contribution is 6.30. The van der Waals surface area contributed by atoms with E-state index in [0.717, 1.165) is 11.1 Å². The van der Waals surface area contributed by atoms with Gasteiger partial charge < -0.3 is 24.8 Å². The maximum atomic E-state index is 12.1. The highest BCUT2D eigenvalue weighted by Gasteiger charge is 2.24. The van der Waals surface area contributed by atoms with Gasteiger partial charge in [0.1, 0.15) is 13.2 Å². The molecule has 2 aromatic rings. The van der Waals surface area contributed by atoms with Crippen LogP contribution >= 0.6 is 11.6 Å². The van der Waals surface area contributed by atoms with Gasteiger partial charge in [0.25, 0.3) is 0 Å². The second kappa shape index (κ2) is 12.3. The Bertz CT molecular complexity index is 829. The van der Waals surface area contributed by atoms with Crippen LogP contribution in [0.1, 0.15) is 18.1 Å². The topological polar surface area (TPSA) is 103 Å². The zero-order valence-electron chi connectivity index (χ0n) is 16.4. The molecule has 9 heteroatoms. The van der Waals surface area contributed by atoms with E-state index in [-0.39, 0.29) is 19.8 Å². The Morgan fingerprint density at radius 1 is 0.900 bits per heavy atom. The third-order valence-electron chi connectivity index (χ3n) is 3.81. The molecule has 0 aliphatic heterocycles. The van der Waals surface area contributed by atoms with Gasteiger partial charge in [-0.25, -0.2) is 14.4 Å². The zero-order chi connectivity index (χ0) is 21.8. The fourth-order valence-corrected chi connectivity index (χ4v) is 2.43. The number of hydrogen-bond acceptors (Lipinski definition) is 6. The number of alkyl carbamates (subject to hydrolysis) is 2. The van der Waals surface area contributed by atoms with Crippen LogP contribution in [-0.4, -0.2) is 37.4 Å². The first-order valence-electron chi connectivity index (χ1n) is 9.27. The molecule has 8 nitrogen and oxygen atoms in total. The lowest BCUT2D eigenvalue weighted by Gasteiger charge is -2.17. The van der Waals surface area contributed by atoms with E-state index < -0.39 is 30.8 Å². The molecule has 0 saturated heterocycles. The molecule has 0 radical (unpaired) electrons. The molecular weight excluding hydrogens is 412 g/mol. The minimum absolute atomic E-state index is 0.0324. The second-order valence-corrected chi connectivity index (χ2v) is 6.53. The van der Waals surface area contributed by atoms with Gasteiger partial charge >= 0.3 is 18.2 Å². The van der Waals surface area contributed by atoms with E-state index in [1.165, 1.54) is 0 Å². The summed E-state index contributed by atoms with van der Waals surface area (Å²) in [6.45, 7) is 1.57. The molecule has 0 aromatic heterocycles. The van der Waals surface area contributed by atoms with Crippen molar-refractivity contribution in [3.63, 3.8) is 0 Å². The Hall–Kier alpha value is -3.26. The van der Waals surface area contributed by atoms with Gasteiger partial charge in [-0.2, -0.15) is 0 Å². The molecule has 0 saturated carbocycles. The number of hydrogen-bond donors (Lipinski definition) is 2. The number of ether oxygens (including phenoxy) is 3. The number of halogens is 1. The number of carbonyl (C=O) groups is 3. The number of esters is 1. The Labute approximate surface area is 179 Å². The van der Waals surface area contributed by atoms with Crippen LogP contribution in [0.15, 0.2) is 54.6 Å². The Morgan fingerprint density at radius 2 is 1.60 bits per heavy atom. The zero-order valence-corrected chi connectivity index (χ0v) is 17.2. The molecule has 0 aliphatic carbocycles. The van der Waals surface area contributed by atoms with Crippen molar-refractivity contribution in [2.24, 2.45) is 0 Å². The van der Waals surface area contributed by atoms with Gasteiger partial charge in [0, 0.05) is 11.6 Å². The van der Waals surface area contributed by atoms with E-state index in [4.69, 9.17) is 25.8 Å². The molecule has 1 atom stereocenters. The Kier molecular flexibility index (Phi) is 9.47. The molecule has 30 heavy (non-hydrogen) atoms. The molecule has 2 N–H and O–H groups in total. The SMILES string of the molecule is CCOC(=O)[C@H](COC(=O)NCc1ccc(Cl)cc1)NC(=O)OCc1ccccc1. The summed E-state index contributed by atoms with van der Waals surface area (Å²) in [4.78, 5) is 36.0. The second-order valence-electron chi connectivity index (χ2n) is 6.09. The molecule has 0 heterocycles. The number of benzene rings is 2. The summed E-state index contributed by atoms with van der Waals surface area (Å²) in [5.41, 5.74) is 1.61. The average molecular weight is 435 g/mol. The fourth-order valence-electron chi connectivity index (χ4n) is 2.31. The smallest absolute Gasteiger partial charge is 0.408 e. The Morgan fingerprint density at radius 3 is 2.27 bits per heavy atom. The van der Waals surface area contributed by atoms with E-state index in [1.54, 1.807) is 43.3 Å². The normalized spacial score (nSPS) is 11.1. The van der Waals surface area contributed by atoms with Crippen molar-refractivity contribution in [1.29, 1.82) is 0 Å². The summed E-state index contributed by atoms with van der Waals surface area (Å²) >= 11 is 5.81. The van der Waals surface area contributed by atoms with Crippen molar-refractivity contribution in [2.45, 2.75) is 26.1 Å². The van der Waals surface area contributed by atoms with Crippen LogP contribution in [0.4, 0.5) is 9.59 Å². The lowest BCUT2D eigenvalue weighted by molar-refractivity contribution is -0.146. The van der Waals surface area contributed by atoms with Crippen molar-refractivity contribution in [3.8, 4) is 0 Å². The summed E-state index contributed by atoms with van der Waals surface area (Å²) < 4.78 is 15.0. The molecule has 0 bridgehead atoms. The molecule has 2 amide bonds. The van der Waals surface area contributed by atoms with E-state index in [2.05, 4.69) is 10.6 Å².